The third kappa shape index (κ3) is 5.33. The Hall–Kier alpha value is -8.40. The van der Waals surface area contributed by atoms with Crippen LogP contribution in [0.5, 0.6) is 0 Å². The summed E-state index contributed by atoms with van der Waals surface area (Å²) in [5.74, 6) is 0. The molecule has 3 heteroatoms. The number of fused-ring (bicyclic) bond motifs is 22. The predicted molar refractivity (Wildman–Crippen MR) is 316 cm³/mol. The lowest BCUT2D eigenvalue weighted by Crippen LogP contribution is -2.24. The number of hydrogen-bond acceptors (Lipinski definition) is 3. The summed E-state index contributed by atoms with van der Waals surface area (Å²) in [6, 6.07) is 68.2. The normalized spacial score (nSPS) is 16.1. The number of benzene rings is 10. The van der Waals surface area contributed by atoms with Crippen molar-refractivity contribution < 1.29 is 8.83 Å². The fourth-order valence-corrected chi connectivity index (χ4v) is 15.3. The maximum Gasteiger partial charge on any atom is 0.144 e. The summed E-state index contributed by atoms with van der Waals surface area (Å²) < 4.78 is 14.0. The van der Waals surface area contributed by atoms with Gasteiger partial charge in [-0.25, -0.2) is 0 Å². The van der Waals surface area contributed by atoms with Crippen molar-refractivity contribution in [3.8, 4) is 55.6 Å². The van der Waals surface area contributed by atoms with Crippen molar-refractivity contribution in [3.63, 3.8) is 0 Å². The molecule has 2 aromatic heterocycles. The van der Waals surface area contributed by atoms with Gasteiger partial charge in [0.05, 0.1) is 5.69 Å². The van der Waals surface area contributed by atoms with E-state index in [4.69, 9.17) is 8.83 Å². The molecule has 2 heterocycles. The summed E-state index contributed by atoms with van der Waals surface area (Å²) in [4.78, 5) is 2.59. The van der Waals surface area contributed by atoms with E-state index < -0.39 is 0 Å². The fourth-order valence-electron chi connectivity index (χ4n) is 15.3. The van der Waals surface area contributed by atoms with Gasteiger partial charge in [0, 0.05) is 71.3 Å². The quantitative estimate of drug-likeness (QED) is 0.176. The number of para-hydroxylation sites is 2. The van der Waals surface area contributed by atoms with Gasteiger partial charge in [-0.15, -0.1) is 0 Å². The highest BCUT2D eigenvalue weighted by Gasteiger charge is 2.49. The summed E-state index contributed by atoms with van der Waals surface area (Å²) in [5.41, 5.74) is 30.8. The standard InChI is InChI=1S/C73H57NO2/c1-40-21-10-11-22-43(40)50-39-56-61(63-48-25-14-18-31-58(48)75-68(50)63)46-35-33-41(37-54(46)71(56,4)5)74(57-30-20-29-53-60(57)44-23-12-16-27-51(44)70(53,2)3)42-34-36-47-55(38-42)73(8,9)66-62(47)64-49-26-15-19-32-59(49)76-69(64)65-45-24-13-17-28-52(45)72(6,7)67(65)66/h10-39H,1-9H3. The van der Waals surface area contributed by atoms with Crippen LogP contribution in [0.2, 0.25) is 0 Å². The molecule has 0 aliphatic heterocycles. The minimum atomic E-state index is -0.356. The van der Waals surface area contributed by atoms with E-state index in [-0.39, 0.29) is 21.7 Å². The van der Waals surface area contributed by atoms with Gasteiger partial charge in [-0.1, -0.05) is 189 Å². The highest BCUT2D eigenvalue weighted by molar-refractivity contribution is 6.22. The molecule has 0 atom stereocenters. The van der Waals surface area contributed by atoms with E-state index in [0.717, 1.165) is 44.7 Å². The molecule has 10 aromatic carbocycles. The van der Waals surface area contributed by atoms with E-state index in [0.29, 0.717) is 0 Å². The Morgan fingerprint density at radius 1 is 0.329 bits per heavy atom. The van der Waals surface area contributed by atoms with Crippen LogP contribution >= 0.6 is 0 Å². The van der Waals surface area contributed by atoms with Crippen LogP contribution in [-0.4, -0.2) is 0 Å². The van der Waals surface area contributed by atoms with Gasteiger partial charge in [-0.3, -0.25) is 0 Å². The lowest BCUT2D eigenvalue weighted by atomic mass is 9.72. The largest absolute Gasteiger partial charge is 0.455 e. The molecule has 366 valence electrons. The van der Waals surface area contributed by atoms with Gasteiger partial charge in [-0.2, -0.15) is 0 Å². The van der Waals surface area contributed by atoms with Crippen LogP contribution < -0.4 is 4.90 Å². The van der Waals surface area contributed by atoms with Crippen LogP contribution in [0.4, 0.5) is 17.1 Å². The highest BCUT2D eigenvalue weighted by atomic mass is 16.3. The Balaban J connectivity index is 0.957. The highest BCUT2D eigenvalue weighted by Crippen LogP contribution is 2.65. The van der Waals surface area contributed by atoms with Gasteiger partial charge in [0.1, 0.15) is 22.3 Å². The maximum atomic E-state index is 7.06. The van der Waals surface area contributed by atoms with Crippen LogP contribution in [0, 0.1) is 6.92 Å². The van der Waals surface area contributed by atoms with Crippen LogP contribution in [0.25, 0.3) is 99.5 Å². The molecular weight excluding hydrogens is 923 g/mol. The Labute approximate surface area is 444 Å². The lowest BCUT2D eigenvalue weighted by Gasteiger charge is -2.32. The molecule has 4 aliphatic carbocycles. The van der Waals surface area contributed by atoms with Crippen LogP contribution in [0.15, 0.2) is 191 Å². The molecule has 4 aliphatic rings. The van der Waals surface area contributed by atoms with E-state index in [1.807, 2.05) is 0 Å². The molecule has 0 saturated heterocycles. The van der Waals surface area contributed by atoms with Gasteiger partial charge in [0.15, 0.2) is 0 Å². The zero-order valence-corrected chi connectivity index (χ0v) is 44.6. The second-order valence-electron chi connectivity index (χ2n) is 24.4. The first-order valence-corrected chi connectivity index (χ1v) is 27.2. The van der Waals surface area contributed by atoms with Gasteiger partial charge in [-0.05, 0) is 144 Å². The first-order valence-electron chi connectivity index (χ1n) is 27.2. The van der Waals surface area contributed by atoms with Gasteiger partial charge >= 0.3 is 0 Å². The van der Waals surface area contributed by atoms with E-state index in [1.54, 1.807) is 0 Å². The van der Waals surface area contributed by atoms with Crippen LogP contribution in [0.1, 0.15) is 105 Å². The van der Waals surface area contributed by atoms with Crippen molar-refractivity contribution in [2.45, 2.75) is 84.0 Å². The van der Waals surface area contributed by atoms with E-state index >= 15 is 0 Å². The topological polar surface area (TPSA) is 29.5 Å². The molecule has 76 heavy (non-hydrogen) atoms. The lowest BCUT2D eigenvalue weighted by molar-refractivity contribution is 0.600. The molecule has 16 rings (SSSR count). The van der Waals surface area contributed by atoms with Crippen molar-refractivity contribution in [2.24, 2.45) is 0 Å². The van der Waals surface area contributed by atoms with E-state index in [1.165, 1.54) is 122 Å². The van der Waals surface area contributed by atoms with Crippen molar-refractivity contribution >= 4 is 60.9 Å². The summed E-state index contributed by atoms with van der Waals surface area (Å²) >= 11 is 0. The number of hydrogen-bond donors (Lipinski definition) is 0. The number of furan rings is 2. The molecule has 0 unspecified atom stereocenters. The zero-order valence-electron chi connectivity index (χ0n) is 44.6. The predicted octanol–water partition coefficient (Wildman–Crippen LogP) is 20.2. The van der Waals surface area contributed by atoms with Crippen molar-refractivity contribution in [1.29, 1.82) is 0 Å². The number of aryl methyl sites for hydroxylation is 1. The molecule has 12 aromatic rings. The molecule has 0 amide bonds. The number of anilines is 3. The molecule has 0 saturated carbocycles. The van der Waals surface area contributed by atoms with Crippen LogP contribution in [-0.2, 0) is 21.7 Å². The Morgan fingerprint density at radius 2 is 0.803 bits per heavy atom. The average Bonchev–Trinajstić information content (AvgIpc) is 4.26. The third-order valence-electron chi connectivity index (χ3n) is 18.9. The average molecular weight is 980 g/mol. The first-order chi connectivity index (χ1) is 36.7. The Bertz CT molecular complexity index is 4600. The van der Waals surface area contributed by atoms with Crippen molar-refractivity contribution in [2.75, 3.05) is 4.90 Å². The fraction of sp³-hybridized carbons (Fsp3) is 0.178. The Morgan fingerprint density at radius 3 is 1.47 bits per heavy atom. The second kappa shape index (κ2) is 14.5. The van der Waals surface area contributed by atoms with Crippen LogP contribution in [0.3, 0.4) is 0 Å². The van der Waals surface area contributed by atoms with Gasteiger partial charge in [0.2, 0.25) is 0 Å². The maximum absolute atomic E-state index is 7.06. The molecule has 0 N–H and O–H groups in total. The number of rotatable bonds is 4. The monoisotopic (exact) mass is 979 g/mol. The SMILES string of the molecule is Cc1ccccc1-c1cc2c(c3c1oc1ccccc13)-c1ccc(N(c3ccc4c(c3)C(C)(C)c3c5c(c6oc7ccccc7c6c3-4)-c3ccccc3C5(C)C)c3cccc4c3-c3ccccc3C4(C)C)cc1C2(C)C. The Kier molecular flexibility index (Phi) is 8.38. The second-order valence-corrected chi connectivity index (χ2v) is 24.4. The molecular formula is C73H57NO2. The van der Waals surface area contributed by atoms with E-state index in [2.05, 4.69) is 249 Å². The molecule has 0 fully saturated rings. The summed E-state index contributed by atoms with van der Waals surface area (Å²) in [5, 5.41) is 4.74. The minimum Gasteiger partial charge on any atom is -0.455 e. The van der Waals surface area contributed by atoms with Gasteiger partial charge in [0.25, 0.3) is 0 Å². The molecule has 3 nitrogen and oxygen atoms in total. The summed E-state index contributed by atoms with van der Waals surface area (Å²) in [6.07, 6.45) is 0. The summed E-state index contributed by atoms with van der Waals surface area (Å²) in [6.45, 7) is 21.6. The smallest absolute Gasteiger partial charge is 0.144 e. The molecule has 0 spiro atoms. The summed E-state index contributed by atoms with van der Waals surface area (Å²) in [7, 11) is 0. The third-order valence-corrected chi connectivity index (χ3v) is 18.9. The zero-order chi connectivity index (χ0) is 51.5. The van der Waals surface area contributed by atoms with Gasteiger partial charge < -0.3 is 13.7 Å². The number of nitrogens with zero attached hydrogens (tertiary/aromatic N) is 1. The molecule has 0 radical (unpaired) electrons. The van der Waals surface area contributed by atoms with Crippen molar-refractivity contribution in [3.05, 3.63) is 232 Å². The minimum absolute atomic E-state index is 0.173. The van der Waals surface area contributed by atoms with Crippen molar-refractivity contribution in [1.82, 2.24) is 0 Å². The first kappa shape index (κ1) is 43.9. The molecule has 0 bridgehead atoms. The van der Waals surface area contributed by atoms with E-state index in [9.17, 15) is 0 Å².